The summed E-state index contributed by atoms with van der Waals surface area (Å²) in [7, 11) is -4.45. The molecule has 18 heteroatoms. The van der Waals surface area contributed by atoms with Crippen LogP contribution < -0.4 is 4.72 Å². The highest BCUT2D eigenvalue weighted by Crippen LogP contribution is 2.33. The Balaban J connectivity index is 1.42. The predicted molar refractivity (Wildman–Crippen MR) is 149 cm³/mol. The molecule has 0 radical (unpaired) electrons. The van der Waals surface area contributed by atoms with Crippen molar-refractivity contribution in [2.75, 3.05) is 13.3 Å². The van der Waals surface area contributed by atoms with E-state index in [4.69, 9.17) is 4.74 Å². The highest BCUT2D eigenvalue weighted by atomic mass is 32.2. The molecule has 0 saturated carbocycles. The van der Waals surface area contributed by atoms with Gasteiger partial charge >= 0.3 is 12.3 Å². The molecule has 242 valence electrons. The van der Waals surface area contributed by atoms with Gasteiger partial charge in [-0.15, -0.1) is 5.01 Å². The Morgan fingerprint density at radius 2 is 1.76 bits per heavy atom. The van der Waals surface area contributed by atoms with E-state index < -0.39 is 52.4 Å². The predicted octanol–water partition coefficient (Wildman–Crippen LogP) is 4.46. The molecule has 4 rings (SSSR count). The molecule has 0 spiro atoms. The summed E-state index contributed by atoms with van der Waals surface area (Å²) in [6.45, 7) is 5.96. The third kappa shape index (κ3) is 8.20. The maximum absolute atomic E-state index is 13.5. The SMILES string of the molecule is Cc1ccc(-c2cc(C(F)(F)F)nn2-c2ccc(S(=O)(=O)NC(=O)[C@@H]3CCN3[N+]([O-])=NOCOC(=O)OC(C)(C)C)cc2)cc1. The summed E-state index contributed by atoms with van der Waals surface area (Å²) in [4.78, 5) is 28.3. The molecule has 0 aliphatic carbocycles. The maximum atomic E-state index is 13.5. The number of hydrogen-bond donors (Lipinski definition) is 1. The van der Waals surface area contributed by atoms with E-state index >= 15 is 0 Å². The average molecular weight is 655 g/mol. The van der Waals surface area contributed by atoms with Crippen LogP contribution >= 0.6 is 0 Å². The van der Waals surface area contributed by atoms with E-state index in [9.17, 15) is 36.4 Å². The highest BCUT2D eigenvalue weighted by Gasteiger charge is 2.42. The van der Waals surface area contributed by atoms with Crippen molar-refractivity contribution in [1.82, 2.24) is 19.5 Å². The number of hydrazine groups is 1. The van der Waals surface area contributed by atoms with Crippen molar-refractivity contribution in [3.63, 3.8) is 0 Å². The monoisotopic (exact) mass is 654 g/mol. The number of benzene rings is 2. The van der Waals surface area contributed by atoms with Crippen LogP contribution in [0.2, 0.25) is 0 Å². The molecule has 3 aromatic rings. The summed E-state index contributed by atoms with van der Waals surface area (Å²) in [6, 6.07) is 11.1. The van der Waals surface area contributed by atoms with Gasteiger partial charge in [0.2, 0.25) is 5.28 Å². The van der Waals surface area contributed by atoms with Gasteiger partial charge < -0.3 is 19.5 Å². The summed E-state index contributed by atoms with van der Waals surface area (Å²) in [5, 5.41) is 19.9. The number of sulfonamides is 1. The Morgan fingerprint density at radius 1 is 1.11 bits per heavy atom. The molecular weight excluding hydrogens is 625 g/mol. The molecule has 1 saturated heterocycles. The van der Waals surface area contributed by atoms with Gasteiger partial charge in [0.05, 0.1) is 27.8 Å². The van der Waals surface area contributed by atoms with E-state index in [2.05, 4.69) is 20.0 Å². The lowest BCUT2D eigenvalue weighted by Gasteiger charge is -2.33. The third-order valence-corrected chi connectivity index (χ3v) is 7.60. The van der Waals surface area contributed by atoms with Crippen molar-refractivity contribution in [3.05, 3.63) is 71.1 Å². The van der Waals surface area contributed by atoms with Crippen LogP contribution in [0.5, 0.6) is 0 Å². The average Bonchev–Trinajstić information content (AvgIpc) is 3.36. The summed E-state index contributed by atoms with van der Waals surface area (Å²) in [6.07, 6.45) is -5.66. The number of halogens is 3. The number of hydrogen-bond acceptors (Lipinski definition) is 10. The van der Waals surface area contributed by atoms with Gasteiger partial charge in [-0.05, 0) is 58.0 Å². The molecule has 1 amide bonds. The fraction of sp³-hybridized carbons (Fsp3) is 0.370. The number of alkyl halides is 3. The molecule has 1 atom stereocenters. The first-order valence-electron chi connectivity index (χ1n) is 13.3. The summed E-state index contributed by atoms with van der Waals surface area (Å²) in [5.41, 5.74) is -0.325. The molecular formula is C27H29F3N6O8S. The molecule has 1 aliphatic rings. The Morgan fingerprint density at radius 3 is 2.31 bits per heavy atom. The van der Waals surface area contributed by atoms with Crippen LogP contribution in [0.15, 0.2) is 64.8 Å². The molecule has 1 fully saturated rings. The van der Waals surface area contributed by atoms with Crippen LogP contribution in [0, 0.1) is 12.1 Å². The number of nitrogens with one attached hydrogen (secondary N) is 1. The van der Waals surface area contributed by atoms with E-state index in [0.717, 1.165) is 33.5 Å². The third-order valence-electron chi connectivity index (χ3n) is 6.23. The molecule has 0 unspecified atom stereocenters. The van der Waals surface area contributed by atoms with Gasteiger partial charge in [0.25, 0.3) is 22.7 Å². The van der Waals surface area contributed by atoms with E-state index in [1.807, 2.05) is 11.6 Å². The summed E-state index contributed by atoms with van der Waals surface area (Å²) in [5.74, 6) is -1.03. The number of ether oxygens (including phenoxy) is 2. The van der Waals surface area contributed by atoms with Crippen LogP contribution in [0.3, 0.4) is 0 Å². The number of amides is 1. The topological polar surface area (TPSA) is 167 Å². The first kappa shape index (κ1) is 33.0. The van der Waals surface area contributed by atoms with Crippen molar-refractivity contribution in [2.24, 2.45) is 5.28 Å². The number of aromatic nitrogens is 2. The first-order valence-corrected chi connectivity index (χ1v) is 14.8. The van der Waals surface area contributed by atoms with E-state index in [1.165, 1.54) is 12.1 Å². The molecule has 1 aliphatic heterocycles. The Bertz CT molecular complexity index is 1680. The van der Waals surface area contributed by atoms with Crippen LogP contribution in [-0.2, 0) is 35.3 Å². The largest absolute Gasteiger partial charge is 0.569 e. The second-order valence-corrected chi connectivity index (χ2v) is 12.5. The number of rotatable bonds is 9. The number of carbonyl (C=O) groups is 2. The van der Waals surface area contributed by atoms with Crippen molar-refractivity contribution >= 4 is 22.1 Å². The van der Waals surface area contributed by atoms with Gasteiger partial charge in [-0.3, -0.25) is 4.79 Å². The lowest BCUT2D eigenvalue weighted by Crippen LogP contribution is -2.59. The fourth-order valence-corrected chi connectivity index (χ4v) is 5.00. The molecule has 14 nitrogen and oxygen atoms in total. The zero-order valence-electron chi connectivity index (χ0n) is 24.4. The fourth-order valence-electron chi connectivity index (χ4n) is 3.99. The first-order chi connectivity index (χ1) is 20.9. The lowest BCUT2D eigenvalue weighted by molar-refractivity contribution is -0.729. The zero-order valence-corrected chi connectivity index (χ0v) is 25.3. The van der Waals surface area contributed by atoms with Crippen molar-refractivity contribution in [1.29, 1.82) is 0 Å². The van der Waals surface area contributed by atoms with Gasteiger partial charge in [0.15, 0.2) is 11.7 Å². The van der Waals surface area contributed by atoms with E-state index in [-0.39, 0.29) is 34.2 Å². The maximum Gasteiger partial charge on any atom is 0.511 e. The standard InChI is InChI=1S/C27H29F3N6O8S/c1-17-5-7-18(8-6-17)22-15-23(27(28,29)30)31-35(22)19-9-11-20(12-10-19)45(40,41)32-24(37)21-13-14-34(21)36(39)33-43-16-42-25(38)44-26(2,3)4/h5-12,15,21H,13-14,16H2,1-4H3,(H,32,37)/t21-/m0/s1. The van der Waals surface area contributed by atoms with E-state index in [1.54, 1.807) is 45.0 Å². The summed E-state index contributed by atoms with van der Waals surface area (Å²) < 4.78 is 78.7. The van der Waals surface area contributed by atoms with Crippen molar-refractivity contribution in [3.8, 4) is 16.9 Å². The molecule has 45 heavy (non-hydrogen) atoms. The minimum atomic E-state index is -4.72. The lowest BCUT2D eigenvalue weighted by atomic mass is 10.1. The van der Waals surface area contributed by atoms with Crippen molar-refractivity contribution in [2.45, 2.75) is 56.8 Å². The van der Waals surface area contributed by atoms with Crippen LogP contribution in [-0.4, -0.2) is 65.2 Å². The molecule has 1 N–H and O–H groups in total. The molecule has 2 heterocycles. The molecule has 1 aromatic heterocycles. The Hall–Kier alpha value is -4.87. The quantitative estimate of drug-likeness (QED) is 0.0869. The van der Waals surface area contributed by atoms with Crippen LogP contribution in [0.1, 0.15) is 38.4 Å². The second kappa shape index (κ2) is 12.6. The van der Waals surface area contributed by atoms with Crippen LogP contribution in [0.4, 0.5) is 18.0 Å². The van der Waals surface area contributed by atoms with Gasteiger partial charge in [-0.2, -0.15) is 18.3 Å². The smallest absolute Gasteiger partial charge is 0.511 e. The Kier molecular flexibility index (Phi) is 9.27. The summed E-state index contributed by atoms with van der Waals surface area (Å²) >= 11 is 0. The van der Waals surface area contributed by atoms with E-state index in [0.29, 0.717) is 5.56 Å². The van der Waals surface area contributed by atoms with Gasteiger partial charge in [-0.25, -0.2) is 22.6 Å². The number of carbonyl (C=O) groups excluding carboxylic acids is 2. The van der Waals surface area contributed by atoms with Crippen molar-refractivity contribution < 1.29 is 50.5 Å². The van der Waals surface area contributed by atoms with Gasteiger partial charge in [0.1, 0.15) is 5.60 Å². The minimum Gasteiger partial charge on any atom is -0.569 e. The van der Waals surface area contributed by atoms with Gasteiger partial charge in [0, 0.05) is 12.0 Å². The molecule has 0 bridgehead atoms. The minimum absolute atomic E-state index is 0.0449. The Labute approximate surface area is 255 Å². The van der Waals surface area contributed by atoms with Crippen LogP contribution in [0.25, 0.3) is 16.9 Å². The molecule has 2 aromatic carbocycles. The number of aryl methyl sites for hydroxylation is 1. The zero-order chi connectivity index (χ0) is 33.2. The normalized spacial score (nSPS) is 15.7. The van der Waals surface area contributed by atoms with Gasteiger partial charge in [-0.1, -0.05) is 29.8 Å². The number of nitrogens with zero attached hydrogens (tertiary/aromatic N) is 5. The second-order valence-electron chi connectivity index (χ2n) is 10.8. The highest BCUT2D eigenvalue weighted by molar-refractivity contribution is 7.90.